The Labute approximate surface area is 46.4 Å². The van der Waals surface area contributed by atoms with Crippen LogP contribution in [0.25, 0.3) is 13.2 Å². The van der Waals surface area contributed by atoms with Gasteiger partial charge in [0.05, 0.1) is 0 Å². The van der Waals surface area contributed by atoms with E-state index in [0.717, 1.165) is 9.06 Å². The Kier molecular flexibility index (Phi) is 0.988. The molecule has 1 aromatic heterocycles. The topological polar surface area (TPSA) is 0 Å². The molecule has 0 bridgehead atoms. The molecular formula is C6H7S+. The molecule has 0 unspecified atom stereocenters. The van der Waals surface area contributed by atoms with E-state index in [2.05, 4.69) is 13.2 Å². The third-order valence-corrected chi connectivity index (χ3v) is 1.63. The van der Waals surface area contributed by atoms with E-state index in [1.165, 1.54) is 11.3 Å². The van der Waals surface area contributed by atoms with Crippen molar-refractivity contribution in [2.75, 3.05) is 0 Å². The Hall–Kier alpha value is -0.560. The van der Waals surface area contributed by atoms with Crippen LogP contribution in [0.15, 0.2) is 12.1 Å². The van der Waals surface area contributed by atoms with Gasteiger partial charge >= 0.3 is 0 Å². The zero-order valence-corrected chi connectivity index (χ0v) is 4.91. The molecule has 0 aliphatic carbocycles. The highest BCUT2D eigenvalue weighted by molar-refractivity contribution is 7.07. The summed E-state index contributed by atoms with van der Waals surface area (Å²) in [6.07, 6.45) is 0. The lowest BCUT2D eigenvalue weighted by molar-refractivity contribution is 1.89. The van der Waals surface area contributed by atoms with E-state index in [0.29, 0.717) is 0 Å². The lowest BCUT2D eigenvalue weighted by Gasteiger charge is -1.43. The minimum absolute atomic E-state index is 1.14. The summed E-state index contributed by atoms with van der Waals surface area (Å²) in [6.45, 7) is 7.49. The van der Waals surface area contributed by atoms with Crippen molar-refractivity contribution in [1.82, 2.24) is 0 Å². The van der Waals surface area contributed by atoms with Crippen LogP contribution >= 0.6 is 11.3 Å². The van der Waals surface area contributed by atoms with Gasteiger partial charge in [-0.2, -0.15) is 0 Å². The van der Waals surface area contributed by atoms with Gasteiger partial charge in [0.1, 0.15) is 0 Å². The molecule has 0 aliphatic rings. The second-order valence-electron chi connectivity index (χ2n) is 1.43. The van der Waals surface area contributed by atoms with Crippen LogP contribution in [0.4, 0.5) is 0 Å². The van der Waals surface area contributed by atoms with Gasteiger partial charge < -0.3 is 0 Å². The second kappa shape index (κ2) is 1.51. The van der Waals surface area contributed by atoms with Crippen molar-refractivity contribution in [3.05, 3.63) is 21.2 Å². The maximum absolute atomic E-state index is 3.74. The summed E-state index contributed by atoms with van der Waals surface area (Å²) in [5.74, 6) is 0. The fraction of sp³-hybridized carbons (Fsp3) is 0. The quantitative estimate of drug-likeness (QED) is 0.422. The first-order valence-corrected chi connectivity index (χ1v) is 2.96. The van der Waals surface area contributed by atoms with Crippen molar-refractivity contribution in [3.8, 4) is 0 Å². The van der Waals surface area contributed by atoms with Crippen molar-refractivity contribution in [2.45, 2.75) is 0 Å². The molecule has 1 aromatic rings. The molecule has 0 saturated heterocycles. The van der Waals surface area contributed by atoms with Crippen LogP contribution in [0.5, 0.6) is 0 Å². The highest BCUT2D eigenvalue weighted by atomic mass is 32.1. The highest BCUT2D eigenvalue weighted by Crippen LogP contribution is 1.70. The first-order chi connectivity index (χ1) is 3.29. The molecule has 0 spiro atoms. The van der Waals surface area contributed by atoms with Gasteiger partial charge in [0.25, 0.3) is 0 Å². The molecule has 0 fully saturated rings. The summed E-state index contributed by atoms with van der Waals surface area (Å²) in [5, 5.41) is 0. The van der Waals surface area contributed by atoms with Crippen LogP contribution in [0.2, 0.25) is 0 Å². The summed E-state index contributed by atoms with van der Waals surface area (Å²) in [5.41, 5.74) is 0. The molecular weight excluding hydrogens is 104 g/mol. The Balaban J connectivity index is 3.59. The van der Waals surface area contributed by atoms with Crippen molar-refractivity contribution >= 4 is 24.5 Å². The smallest absolute Gasteiger partial charge is 0.0390 e. The first kappa shape index (κ1) is 4.60. The van der Waals surface area contributed by atoms with Gasteiger partial charge in [-0.3, -0.25) is 0 Å². The molecule has 1 heterocycles. The van der Waals surface area contributed by atoms with Gasteiger partial charge in [-0.05, 0) is 24.5 Å². The number of thiophene rings is 1. The van der Waals surface area contributed by atoms with Crippen LogP contribution < -0.4 is 9.06 Å². The summed E-state index contributed by atoms with van der Waals surface area (Å²) in [7, 11) is 0. The lowest BCUT2D eigenvalue weighted by Crippen LogP contribution is -1.84. The first-order valence-electron chi connectivity index (χ1n) is 2.07. The summed E-state index contributed by atoms with van der Waals surface area (Å²) < 4.78 is 2.29. The predicted octanol–water partition coefficient (Wildman–Crippen LogP) is 0.301. The van der Waals surface area contributed by atoms with Crippen LogP contribution in [0.1, 0.15) is 0 Å². The second-order valence-corrected chi connectivity index (χ2v) is 2.80. The molecule has 1 heteroatoms. The Morgan fingerprint density at radius 1 is 1.14 bits per heavy atom. The average molecular weight is 111 g/mol. The van der Waals surface area contributed by atoms with E-state index >= 15 is 0 Å². The largest absolute Gasteiger partial charge is 0.164 e. The van der Waals surface area contributed by atoms with Crippen LogP contribution in [0, 0.1) is 0 Å². The number of hydrogen-bond donors (Lipinski definition) is 0. The molecule has 0 nitrogen and oxygen atoms in total. The fourth-order valence-corrected chi connectivity index (χ4v) is 1.12. The maximum Gasteiger partial charge on any atom is 0.164 e. The number of hydrogen-bond acceptors (Lipinski definition) is 0. The van der Waals surface area contributed by atoms with Crippen molar-refractivity contribution in [2.24, 2.45) is 0 Å². The van der Waals surface area contributed by atoms with Crippen molar-refractivity contribution in [3.63, 3.8) is 0 Å². The number of rotatable bonds is 0. The van der Waals surface area contributed by atoms with Gasteiger partial charge in [-0.25, -0.2) is 0 Å². The van der Waals surface area contributed by atoms with Gasteiger partial charge in [-0.1, -0.05) is 0 Å². The third kappa shape index (κ3) is 0.904. The fourth-order valence-electron chi connectivity index (χ4n) is 0.451. The SMILES string of the molecule is C=c1ccc(=C)[sH+]1. The summed E-state index contributed by atoms with van der Waals surface area (Å²) >= 11 is 1.19. The van der Waals surface area contributed by atoms with Gasteiger partial charge in [0.15, 0.2) is 9.06 Å². The molecule has 0 radical (unpaired) electrons. The normalized spacial score (nSPS) is 9.14. The van der Waals surface area contributed by atoms with E-state index < -0.39 is 0 Å². The molecule has 0 aromatic carbocycles. The average Bonchev–Trinajstić information content (AvgIpc) is 1.87. The van der Waals surface area contributed by atoms with E-state index in [9.17, 15) is 0 Å². The molecule has 7 heavy (non-hydrogen) atoms. The Bertz CT molecular complexity index is 208. The van der Waals surface area contributed by atoms with E-state index in [4.69, 9.17) is 0 Å². The predicted molar refractivity (Wildman–Crippen MR) is 36.0 cm³/mol. The lowest BCUT2D eigenvalue weighted by atomic mass is 10.6. The summed E-state index contributed by atoms with van der Waals surface area (Å²) in [6, 6.07) is 3.98. The zero-order valence-electron chi connectivity index (χ0n) is 4.02. The van der Waals surface area contributed by atoms with E-state index in [1.54, 1.807) is 0 Å². The molecule has 0 atom stereocenters. The van der Waals surface area contributed by atoms with Crippen LogP contribution in [0.3, 0.4) is 0 Å². The molecule has 36 valence electrons. The minimum Gasteiger partial charge on any atom is -0.0390 e. The highest BCUT2D eigenvalue weighted by Gasteiger charge is 1.82. The Morgan fingerprint density at radius 3 is 1.71 bits per heavy atom. The third-order valence-electron chi connectivity index (χ3n) is 0.755. The zero-order chi connectivity index (χ0) is 5.28. The molecule has 0 N–H and O–H groups in total. The van der Waals surface area contributed by atoms with Gasteiger partial charge in [0, 0.05) is 12.1 Å². The molecule has 1 rings (SSSR count). The van der Waals surface area contributed by atoms with Crippen molar-refractivity contribution in [1.29, 1.82) is 0 Å². The van der Waals surface area contributed by atoms with E-state index in [-0.39, 0.29) is 0 Å². The molecule has 0 amide bonds. The minimum atomic E-state index is 1.14. The Morgan fingerprint density at radius 2 is 1.57 bits per heavy atom. The monoisotopic (exact) mass is 111 g/mol. The van der Waals surface area contributed by atoms with Gasteiger partial charge in [0.2, 0.25) is 0 Å². The van der Waals surface area contributed by atoms with Crippen molar-refractivity contribution < 1.29 is 0 Å². The maximum atomic E-state index is 3.74. The van der Waals surface area contributed by atoms with Crippen LogP contribution in [-0.4, -0.2) is 0 Å². The molecule has 0 saturated carbocycles. The molecule has 0 aliphatic heterocycles. The standard InChI is InChI=1S/C6H6S/c1-5-3-4-6(2)7-5/h3-4H,1-2H2/p+1. The van der Waals surface area contributed by atoms with Gasteiger partial charge in [-0.15, -0.1) is 0 Å². The summed E-state index contributed by atoms with van der Waals surface area (Å²) in [4.78, 5) is 0. The van der Waals surface area contributed by atoms with E-state index in [1.807, 2.05) is 12.1 Å². The van der Waals surface area contributed by atoms with Crippen LogP contribution in [-0.2, 0) is 0 Å².